The SMILES string of the molecule is CCCCOc1cc(C(=O)Nc2ccc(O)c(NS(C)(=O)=O)c2)ccc1-c1ccc(C(F)(F)F)cc1. The summed E-state index contributed by atoms with van der Waals surface area (Å²) in [5.41, 5.74) is 0.593. The van der Waals surface area contributed by atoms with Gasteiger partial charge in [0.15, 0.2) is 0 Å². The summed E-state index contributed by atoms with van der Waals surface area (Å²) >= 11 is 0. The number of anilines is 2. The zero-order valence-corrected chi connectivity index (χ0v) is 20.3. The minimum absolute atomic E-state index is 0.100. The van der Waals surface area contributed by atoms with E-state index in [9.17, 15) is 31.5 Å². The van der Waals surface area contributed by atoms with Crippen LogP contribution in [0.3, 0.4) is 0 Å². The average Bonchev–Trinajstić information content (AvgIpc) is 2.80. The molecular weight excluding hydrogens is 497 g/mol. The van der Waals surface area contributed by atoms with E-state index in [1.165, 1.54) is 42.5 Å². The molecule has 0 aliphatic rings. The van der Waals surface area contributed by atoms with Crippen molar-refractivity contribution in [1.82, 2.24) is 0 Å². The Kier molecular flexibility index (Phi) is 8.13. The number of hydrogen-bond donors (Lipinski definition) is 3. The quantitative estimate of drug-likeness (QED) is 0.185. The number of aromatic hydroxyl groups is 1. The van der Waals surface area contributed by atoms with Crippen molar-refractivity contribution >= 4 is 27.3 Å². The average molecular weight is 523 g/mol. The number of benzene rings is 3. The lowest BCUT2D eigenvalue weighted by molar-refractivity contribution is -0.137. The number of ether oxygens (including phenoxy) is 1. The molecule has 0 aromatic heterocycles. The fourth-order valence-corrected chi connectivity index (χ4v) is 3.85. The minimum atomic E-state index is -4.45. The van der Waals surface area contributed by atoms with Gasteiger partial charge in [-0.2, -0.15) is 13.2 Å². The van der Waals surface area contributed by atoms with Crippen LogP contribution in [0.5, 0.6) is 11.5 Å². The lowest BCUT2D eigenvalue weighted by Gasteiger charge is -2.15. The second kappa shape index (κ2) is 10.9. The first-order valence-corrected chi connectivity index (χ1v) is 12.8. The third-order valence-corrected chi connectivity index (χ3v) is 5.66. The Labute approximate surface area is 207 Å². The predicted octanol–water partition coefficient (Wildman–Crippen LogP) is 5.88. The number of carbonyl (C=O) groups is 1. The molecule has 0 fully saturated rings. The molecule has 0 bridgehead atoms. The summed E-state index contributed by atoms with van der Waals surface area (Å²) in [6.07, 6.45) is -1.92. The van der Waals surface area contributed by atoms with Crippen LogP contribution in [0.25, 0.3) is 11.1 Å². The molecule has 0 aliphatic heterocycles. The first-order chi connectivity index (χ1) is 16.9. The summed E-state index contributed by atoms with van der Waals surface area (Å²) in [4.78, 5) is 12.9. The maximum absolute atomic E-state index is 12.9. The van der Waals surface area contributed by atoms with E-state index in [0.717, 1.165) is 31.2 Å². The van der Waals surface area contributed by atoms with Crippen molar-refractivity contribution in [2.75, 3.05) is 22.9 Å². The number of rotatable bonds is 9. The largest absolute Gasteiger partial charge is 0.506 e. The van der Waals surface area contributed by atoms with Crippen molar-refractivity contribution < 1.29 is 36.2 Å². The molecule has 3 aromatic rings. The summed E-state index contributed by atoms with van der Waals surface area (Å²) < 4.78 is 69.8. The van der Waals surface area contributed by atoms with Gasteiger partial charge in [0.05, 0.1) is 24.1 Å². The number of nitrogens with one attached hydrogen (secondary N) is 2. The van der Waals surface area contributed by atoms with Crippen LogP contribution in [0.15, 0.2) is 60.7 Å². The van der Waals surface area contributed by atoms with Crippen LogP contribution >= 0.6 is 0 Å². The highest BCUT2D eigenvalue weighted by Gasteiger charge is 2.30. The maximum atomic E-state index is 12.9. The Morgan fingerprint density at radius 1 is 1.03 bits per heavy atom. The molecule has 0 atom stereocenters. The standard InChI is InChI=1S/C25H25F3N2O5S/c1-3-4-13-35-23-14-17(7-11-20(23)16-5-8-18(9-6-16)25(26,27)28)24(32)29-19-10-12-22(31)21(15-19)30-36(2,33)34/h5-12,14-15,30-31H,3-4,13H2,1-2H3,(H,29,32). The first-order valence-electron chi connectivity index (χ1n) is 10.9. The Morgan fingerprint density at radius 2 is 1.72 bits per heavy atom. The van der Waals surface area contributed by atoms with E-state index in [-0.39, 0.29) is 22.7 Å². The second-order valence-electron chi connectivity index (χ2n) is 8.05. The first kappa shape index (κ1) is 26.9. The van der Waals surface area contributed by atoms with E-state index in [0.29, 0.717) is 23.5 Å². The zero-order chi connectivity index (χ0) is 26.5. The number of phenolic OH excluding ortho intramolecular Hbond substituents is 1. The molecule has 3 aromatic carbocycles. The Bertz CT molecular complexity index is 1340. The number of amides is 1. The molecule has 3 N–H and O–H groups in total. The summed E-state index contributed by atoms with van der Waals surface area (Å²) in [5, 5.41) is 12.5. The third-order valence-electron chi connectivity index (χ3n) is 5.07. The van der Waals surface area contributed by atoms with Gasteiger partial charge in [0.2, 0.25) is 10.0 Å². The maximum Gasteiger partial charge on any atom is 0.416 e. The van der Waals surface area contributed by atoms with Gasteiger partial charge in [0, 0.05) is 16.8 Å². The fraction of sp³-hybridized carbons (Fsp3) is 0.240. The molecule has 1 amide bonds. The monoisotopic (exact) mass is 522 g/mol. The number of unbranched alkanes of at least 4 members (excludes halogenated alkanes) is 1. The van der Waals surface area contributed by atoms with Crippen LogP contribution in [-0.2, 0) is 16.2 Å². The number of halogens is 3. The van der Waals surface area contributed by atoms with Gasteiger partial charge in [-0.1, -0.05) is 25.5 Å². The van der Waals surface area contributed by atoms with Gasteiger partial charge < -0.3 is 15.2 Å². The van der Waals surface area contributed by atoms with Gasteiger partial charge in [0.25, 0.3) is 5.91 Å². The van der Waals surface area contributed by atoms with E-state index >= 15 is 0 Å². The van der Waals surface area contributed by atoms with Crippen molar-refractivity contribution in [2.45, 2.75) is 25.9 Å². The van der Waals surface area contributed by atoms with Gasteiger partial charge >= 0.3 is 6.18 Å². The summed E-state index contributed by atoms with van der Waals surface area (Å²) in [5.74, 6) is -0.516. The van der Waals surface area contributed by atoms with Crippen LogP contribution < -0.4 is 14.8 Å². The number of sulfonamides is 1. The van der Waals surface area contributed by atoms with Gasteiger partial charge in [-0.3, -0.25) is 9.52 Å². The highest BCUT2D eigenvalue weighted by Crippen LogP contribution is 2.35. The Balaban J connectivity index is 1.89. The molecule has 0 radical (unpaired) electrons. The fourth-order valence-electron chi connectivity index (χ4n) is 3.29. The molecule has 0 unspecified atom stereocenters. The number of alkyl halides is 3. The van der Waals surface area contributed by atoms with Crippen LogP contribution in [-0.4, -0.2) is 32.3 Å². The number of carbonyl (C=O) groups excluding carboxylic acids is 1. The van der Waals surface area contributed by atoms with E-state index in [1.807, 2.05) is 6.92 Å². The van der Waals surface area contributed by atoms with Crippen molar-refractivity contribution in [3.05, 3.63) is 71.8 Å². The normalized spacial score (nSPS) is 11.7. The lowest BCUT2D eigenvalue weighted by atomic mass is 10.0. The van der Waals surface area contributed by atoms with Gasteiger partial charge in [0.1, 0.15) is 11.5 Å². The second-order valence-corrected chi connectivity index (χ2v) is 9.80. The van der Waals surface area contributed by atoms with E-state index < -0.39 is 27.7 Å². The molecule has 7 nitrogen and oxygen atoms in total. The van der Waals surface area contributed by atoms with Crippen molar-refractivity contribution in [3.63, 3.8) is 0 Å². The van der Waals surface area contributed by atoms with Gasteiger partial charge in [-0.25, -0.2) is 8.42 Å². The number of phenols is 1. The summed E-state index contributed by atoms with van der Waals surface area (Å²) in [6.45, 7) is 2.34. The molecule has 0 aliphatic carbocycles. The predicted molar refractivity (Wildman–Crippen MR) is 132 cm³/mol. The molecule has 36 heavy (non-hydrogen) atoms. The zero-order valence-electron chi connectivity index (χ0n) is 19.5. The van der Waals surface area contributed by atoms with Gasteiger partial charge in [-0.05, 0) is 60.5 Å². The van der Waals surface area contributed by atoms with E-state index in [1.54, 1.807) is 6.07 Å². The van der Waals surface area contributed by atoms with Crippen molar-refractivity contribution in [1.29, 1.82) is 0 Å². The number of hydrogen-bond acceptors (Lipinski definition) is 5. The third kappa shape index (κ3) is 7.14. The molecule has 11 heteroatoms. The summed E-state index contributed by atoms with van der Waals surface area (Å²) in [6, 6.07) is 13.1. The molecule has 192 valence electrons. The van der Waals surface area contributed by atoms with E-state index in [2.05, 4.69) is 10.0 Å². The highest BCUT2D eigenvalue weighted by molar-refractivity contribution is 7.92. The summed E-state index contributed by atoms with van der Waals surface area (Å²) in [7, 11) is -3.66. The molecule has 3 rings (SSSR count). The molecular formula is C25H25F3N2O5S. The molecule has 0 saturated carbocycles. The molecule has 0 saturated heterocycles. The van der Waals surface area contributed by atoms with E-state index in [4.69, 9.17) is 4.74 Å². The van der Waals surface area contributed by atoms with Crippen LogP contribution in [0.4, 0.5) is 24.5 Å². The highest BCUT2D eigenvalue weighted by atomic mass is 32.2. The van der Waals surface area contributed by atoms with Crippen LogP contribution in [0.1, 0.15) is 35.7 Å². The smallest absolute Gasteiger partial charge is 0.416 e. The van der Waals surface area contributed by atoms with Crippen LogP contribution in [0, 0.1) is 0 Å². The van der Waals surface area contributed by atoms with Crippen molar-refractivity contribution in [2.24, 2.45) is 0 Å². The minimum Gasteiger partial charge on any atom is -0.506 e. The van der Waals surface area contributed by atoms with Crippen molar-refractivity contribution in [3.8, 4) is 22.6 Å². The van der Waals surface area contributed by atoms with Crippen LogP contribution in [0.2, 0.25) is 0 Å². The van der Waals surface area contributed by atoms with Gasteiger partial charge in [-0.15, -0.1) is 0 Å². The molecule has 0 spiro atoms. The lowest BCUT2D eigenvalue weighted by Crippen LogP contribution is -2.13. The Hall–Kier alpha value is -3.73. The topological polar surface area (TPSA) is 105 Å². The molecule has 0 heterocycles. The Morgan fingerprint density at radius 3 is 2.33 bits per heavy atom.